The van der Waals surface area contributed by atoms with Crippen molar-refractivity contribution >= 4 is 6.08 Å². The molecule has 0 saturated carbocycles. The normalized spacial score (nSPS) is 11.4. The summed E-state index contributed by atoms with van der Waals surface area (Å²) >= 11 is 0. The molecule has 76 valence electrons. The van der Waals surface area contributed by atoms with E-state index in [9.17, 15) is 0 Å². The van der Waals surface area contributed by atoms with Crippen molar-refractivity contribution in [1.82, 2.24) is 10.4 Å². The minimum absolute atomic E-state index is 0.982. The summed E-state index contributed by atoms with van der Waals surface area (Å²) in [4.78, 5) is 0. The molecule has 0 amide bonds. The Labute approximate surface area is 86.2 Å². The van der Waals surface area contributed by atoms with Crippen LogP contribution < -0.4 is 5.43 Å². The summed E-state index contributed by atoms with van der Waals surface area (Å²) in [5, 5.41) is 1.97. The molecule has 1 rings (SSSR count). The molecule has 0 heterocycles. The summed E-state index contributed by atoms with van der Waals surface area (Å²) in [6.45, 7) is 0.982. The van der Waals surface area contributed by atoms with Crippen molar-refractivity contribution in [3.63, 3.8) is 0 Å². The molecule has 0 unspecified atom stereocenters. The Hall–Kier alpha value is -1.12. The lowest BCUT2D eigenvalue weighted by Gasteiger charge is -2.09. The average molecular weight is 190 g/mol. The van der Waals surface area contributed by atoms with E-state index in [1.54, 1.807) is 0 Å². The van der Waals surface area contributed by atoms with Gasteiger partial charge in [0.1, 0.15) is 0 Å². The molecule has 0 aromatic heterocycles. The Bertz CT molecular complexity index is 265. The highest BCUT2D eigenvalue weighted by Gasteiger charge is 1.85. The standard InChI is InChI=1S/C12H18N2/c1-14(2)13-11-7-6-10-12-8-4-3-5-9-12/h3-6,8-10,13H,7,11H2,1-2H3/b10-6+. The van der Waals surface area contributed by atoms with Gasteiger partial charge in [0.25, 0.3) is 0 Å². The molecule has 2 nitrogen and oxygen atoms in total. The van der Waals surface area contributed by atoms with E-state index in [1.807, 2.05) is 25.2 Å². The predicted molar refractivity (Wildman–Crippen MR) is 61.8 cm³/mol. The lowest BCUT2D eigenvalue weighted by atomic mass is 10.2. The van der Waals surface area contributed by atoms with Gasteiger partial charge >= 0.3 is 0 Å². The molecule has 0 aliphatic carbocycles. The molecule has 0 fully saturated rings. The number of hydrazine groups is 1. The minimum Gasteiger partial charge on any atom is -0.255 e. The third-order valence-electron chi connectivity index (χ3n) is 1.85. The number of nitrogens with zero attached hydrogens (tertiary/aromatic N) is 1. The van der Waals surface area contributed by atoms with Crippen LogP contribution >= 0.6 is 0 Å². The highest BCUT2D eigenvalue weighted by atomic mass is 15.5. The van der Waals surface area contributed by atoms with Crippen molar-refractivity contribution in [3.8, 4) is 0 Å². The quantitative estimate of drug-likeness (QED) is 0.565. The largest absolute Gasteiger partial charge is 0.255 e. The zero-order valence-corrected chi connectivity index (χ0v) is 8.90. The Kier molecular flexibility index (Phi) is 4.97. The Morgan fingerprint density at radius 2 is 1.93 bits per heavy atom. The highest BCUT2D eigenvalue weighted by Crippen LogP contribution is 2.01. The van der Waals surface area contributed by atoms with Gasteiger partial charge in [0.2, 0.25) is 0 Å². The second-order valence-electron chi connectivity index (χ2n) is 3.40. The van der Waals surface area contributed by atoms with Crippen LogP contribution in [0.1, 0.15) is 12.0 Å². The third-order valence-corrected chi connectivity index (χ3v) is 1.85. The van der Waals surface area contributed by atoms with Crippen LogP contribution in [0.5, 0.6) is 0 Å². The Morgan fingerprint density at radius 3 is 2.57 bits per heavy atom. The molecule has 1 N–H and O–H groups in total. The molecule has 2 heteroatoms. The van der Waals surface area contributed by atoms with E-state index in [0.717, 1.165) is 13.0 Å². The number of nitrogens with one attached hydrogen (secondary N) is 1. The molecule has 0 aliphatic heterocycles. The van der Waals surface area contributed by atoms with Gasteiger partial charge in [-0.2, -0.15) is 0 Å². The molecular formula is C12H18N2. The van der Waals surface area contributed by atoms with E-state index in [0.29, 0.717) is 0 Å². The monoisotopic (exact) mass is 190 g/mol. The van der Waals surface area contributed by atoms with Gasteiger partial charge < -0.3 is 0 Å². The maximum Gasteiger partial charge on any atom is 0.0137 e. The van der Waals surface area contributed by atoms with E-state index in [-0.39, 0.29) is 0 Å². The minimum atomic E-state index is 0.982. The van der Waals surface area contributed by atoms with Crippen molar-refractivity contribution in [2.45, 2.75) is 6.42 Å². The first-order valence-electron chi connectivity index (χ1n) is 4.91. The molecule has 0 saturated heterocycles. The van der Waals surface area contributed by atoms with Gasteiger partial charge in [0, 0.05) is 20.6 Å². The fourth-order valence-electron chi connectivity index (χ4n) is 1.16. The Balaban J connectivity index is 2.21. The van der Waals surface area contributed by atoms with E-state index in [2.05, 4.69) is 41.8 Å². The maximum absolute atomic E-state index is 3.21. The third kappa shape index (κ3) is 4.80. The van der Waals surface area contributed by atoms with Gasteiger partial charge in [-0.3, -0.25) is 10.4 Å². The first kappa shape index (κ1) is 11.0. The van der Waals surface area contributed by atoms with Gasteiger partial charge in [0.05, 0.1) is 0 Å². The van der Waals surface area contributed by atoms with Crippen LogP contribution in [0.2, 0.25) is 0 Å². The number of hydrogen-bond donors (Lipinski definition) is 1. The predicted octanol–water partition coefficient (Wildman–Crippen LogP) is 2.16. The van der Waals surface area contributed by atoms with Gasteiger partial charge in [-0.15, -0.1) is 0 Å². The fourth-order valence-corrected chi connectivity index (χ4v) is 1.16. The van der Waals surface area contributed by atoms with Crippen LogP contribution in [0.3, 0.4) is 0 Å². The van der Waals surface area contributed by atoms with Gasteiger partial charge in [-0.05, 0) is 12.0 Å². The molecular weight excluding hydrogens is 172 g/mol. The summed E-state index contributed by atoms with van der Waals surface area (Å²) in [5.41, 5.74) is 4.48. The number of benzene rings is 1. The number of rotatable bonds is 5. The van der Waals surface area contributed by atoms with Crippen molar-refractivity contribution < 1.29 is 0 Å². The van der Waals surface area contributed by atoms with E-state index < -0.39 is 0 Å². The Morgan fingerprint density at radius 1 is 1.21 bits per heavy atom. The second kappa shape index (κ2) is 6.35. The first-order valence-corrected chi connectivity index (χ1v) is 4.91. The van der Waals surface area contributed by atoms with Crippen molar-refractivity contribution in [1.29, 1.82) is 0 Å². The van der Waals surface area contributed by atoms with E-state index in [1.165, 1.54) is 5.56 Å². The summed E-state index contributed by atoms with van der Waals surface area (Å²) in [7, 11) is 4.00. The summed E-state index contributed by atoms with van der Waals surface area (Å²) < 4.78 is 0. The maximum atomic E-state index is 3.21. The van der Waals surface area contributed by atoms with Crippen molar-refractivity contribution in [3.05, 3.63) is 42.0 Å². The summed E-state index contributed by atoms with van der Waals surface area (Å²) in [6.07, 6.45) is 5.39. The zero-order valence-electron chi connectivity index (χ0n) is 8.90. The van der Waals surface area contributed by atoms with Crippen LogP contribution in [0.25, 0.3) is 6.08 Å². The van der Waals surface area contributed by atoms with Crippen LogP contribution in [0.4, 0.5) is 0 Å². The molecule has 0 bridgehead atoms. The zero-order chi connectivity index (χ0) is 10.2. The first-order chi connectivity index (χ1) is 6.79. The van der Waals surface area contributed by atoms with Crippen molar-refractivity contribution in [2.24, 2.45) is 0 Å². The van der Waals surface area contributed by atoms with E-state index in [4.69, 9.17) is 0 Å². The molecule has 1 aromatic rings. The molecule has 1 aromatic carbocycles. The van der Waals surface area contributed by atoms with Gasteiger partial charge in [0.15, 0.2) is 0 Å². The lowest BCUT2D eigenvalue weighted by molar-refractivity contribution is 0.293. The fraction of sp³-hybridized carbons (Fsp3) is 0.333. The molecule has 0 aliphatic rings. The molecule has 0 atom stereocenters. The van der Waals surface area contributed by atoms with Crippen molar-refractivity contribution in [2.75, 3.05) is 20.6 Å². The smallest absolute Gasteiger partial charge is 0.0137 e. The molecule has 0 spiro atoms. The summed E-state index contributed by atoms with van der Waals surface area (Å²) in [6, 6.07) is 10.4. The SMILES string of the molecule is CN(C)NCC/C=C/c1ccccc1. The van der Waals surface area contributed by atoms with Gasteiger partial charge in [-0.25, -0.2) is 0 Å². The van der Waals surface area contributed by atoms with Crippen LogP contribution in [-0.2, 0) is 0 Å². The molecule has 14 heavy (non-hydrogen) atoms. The van der Waals surface area contributed by atoms with Crippen LogP contribution in [0, 0.1) is 0 Å². The lowest BCUT2D eigenvalue weighted by Crippen LogP contribution is -2.30. The van der Waals surface area contributed by atoms with Crippen LogP contribution in [0.15, 0.2) is 36.4 Å². The average Bonchev–Trinajstić information content (AvgIpc) is 2.18. The highest BCUT2D eigenvalue weighted by molar-refractivity contribution is 5.48. The topological polar surface area (TPSA) is 15.3 Å². The van der Waals surface area contributed by atoms with Gasteiger partial charge in [-0.1, -0.05) is 42.5 Å². The summed E-state index contributed by atoms with van der Waals surface area (Å²) in [5.74, 6) is 0. The number of hydrogen-bond acceptors (Lipinski definition) is 2. The van der Waals surface area contributed by atoms with Crippen LogP contribution in [-0.4, -0.2) is 25.6 Å². The second-order valence-corrected chi connectivity index (χ2v) is 3.40. The molecule has 0 radical (unpaired) electrons. The van der Waals surface area contributed by atoms with E-state index >= 15 is 0 Å².